The Morgan fingerprint density at radius 2 is 0.887 bits per heavy atom. The minimum absolute atomic E-state index is 0.109. The molecule has 0 amide bonds. The molecular formula is C46H65ClN2O2P2. The van der Waals surface area contributed by atoms with Crippen molar-refractivity contribution >= 4 is 31.9 Å². The van der Waals surface area contributed by atoms with Crippen LogP contribution >= 0.6 is 26.4 Å². The van der Waals surface area contributed by atoms with Crippen molar-refractivity contribution in [2.24, 2.45) is 0 Å². The Morgan fingerprint density at radius 3 is 1.36 bits per heavy atom. The number of halogens is 1. The molecule has 288 valence electrons. The number of rotatable bonds is 9. The standard InChI is InChI=1S/C23H32NOP.C12H22ClP.C11H11NO/c1-25-22-16-9-8-15-21(22)24-18-10-17-23(24)26(19-11-4-2-5-12-19)20-13-6-3-7-14-20;13-14(11-7-3-1-4-8-11)12-9-5-2-6-10-12;1-13-11-7-3-2-6-10(11)12-8-4-5-9-12/h8-10,15-20H,2-7,11-14H2,1H3;11-12H,1-10H2;2-9H,1H3. The summed E-state index contributed by atoms with van der Waals surface area (Å²) in [6, 6.07) is 25.1. The van der Waals surface area contributed by atoms with E-state index >= 15 is 0 Å². The van der Waals surface area contributed by atoms with E-state index in [0.29, 0.717) is 0 Å². The summed E-state index contributed by atoms with van der Waals surface area (Å²) < 4.78 is 15.4. The zero-order valence-electron chi connectivity index (χ0n) is 32.6. The molecule has 0 atom stereocenters. The Labute approximate surface area is 328 Å². The Kier molecular flexibility index (Phi) is 16.6. The van der Waals surface area contributed by atoms with Crippen molar-refractivity contribution in [2.75, 3.05) is 14.2 Å². The maximum atomic E-state index is 6.70. The van der Waals surface area contributed by atoms with Crippen molar-refractivity contribution in [3.8, 4) is 22.9 Å². The van der Waals surface area contributed by atoms with E-state index < -0.39 is 0 Å². The monoisotopic (exact) mass is 774 g/mol. The third kappa shape index (κ3) is 11.2. The zero-order valence-corrected chi connectivity index (χ0v) is 35.1. The lowest BCUT2D eigenvalue weighted by Gasteiger charge is -2.39. The van der Waals surface area contributed by atoms with Crippen LogP contribution in [0.4, 0.5) is 0 Å². The number of hydrogen-bond acceptors (Lipinski definition) is 2. The molecular weight excluding hydrogens is 710 g/mol. The lowest BCUT2D eigenvalue weighted by atomic mass is 9.99. The summed E-state index contributed by atoms with van der Waals surface area (Å²) in [7, 11) is 3.21. The van der Waals surface area contributed by atoms with Crippen molar-refractivity contribution in [1.29, 1.82) is 0 Å². The molecule has 7 heteroatoms. The van der Waals surface area contributed by atoms with Gasteiger partial charge in [-0.2, -0.15) is 0 Å². The molecule has 8 rings (SSSR count). The van der Waals surface area contributed by atoms with Gasteiger partial charge in [-0.3, -0.25) is 0 Å². The number of nitrogens with zero attached hydrogens (tertiary/aromatic N) is 2. The van der Waals surface area contributed by atoms with Crippen molar-refractivity contribution in [3.05, 3.63) is 91.4 Å². The average Bonchev–Trinajstić information content (AvgIpc) is 3.96. The van der Waals surface area contributed by atoms with Crippen LogP contribution in [0.1, 0.15) is 128 Å². The van der Waals surface area contributed by atoms with Gasteiger partial charge in [-0.15, -0.1) is 0 Å². The highest BCUT2D eigenvalue weighted by atomic mass is 35.7. The first-order valence-electron chi connectivity index (χ1n) is 21.0. The van der Waals surface area contributed by atoms with Crippen molar-refractivity contribution < 1.29 is 9.47 Å². The van der Waals surface area contributed by atoms with Crippen LogP contribution in [0.2, 0.25) is 0 Å². The van der Waals surface area contributed by atoms with Gasteiger partial charge in [0, 0.05) is 24.0 Å². The number of ether oxygens (including phenoxy) is 2. The molecule has 0 unspecified atom stereocenters. The summed E-state index contributed by atoms with van der Waals surface area (Å²) in [4.78, 5) is 0. The van der Waals surface area contributed by atoms with Gasteiger partial charge < -0.3 is 18.6 Å². The molecule has 0 spiro atoms. The normalized spacial score (nSPS) is 19.3. The zero-order chi connectivity index (χ0) is 36.7. The highest BCUT2D eigenvalue weighted by Gasteiger charge is 2.34. The molecule has 0 radical (unpaired) electrons. The first kappa shape index (κ1) is 40.4. The Bertz CT molecular complexity index is 1550. The molecule has 2 heterocycles. The van der Waals surface area contributed by atoms with Crippen molar-refractivity contribution in [3.63, 3.8) is 0 Å². The molecule has 2 aromatic carbocycles. The smallest absolute Gasteiger partial charge is 0.142 e. The molecule has 2 aromatic heterocycles. The van der Waals surface area contributed by atoms with E-state index in [0.717, 1.165) is 39.8 Å². The topological polar surface area (TPSA) is 28.3 Å². The Morgan fingerprint density at radius 1 is 0.472 bits per heavy atom. The molecule has 4 nitrogen and oxygen atoms in total. The van der Waals surface area contributed by atoms with Crippen LogP contribution in [0.25, 0.3) is 11.4 Å². The highest BCUT2D eigenvalue weighted by molar-refractivity contribution is 7.85. The van der Waals surface area contributed by atoms with Crippen molar-refractivity contribution in [2.45, 2.75) is 151 Å². The summed E-state index contributed by atoms with van der Waals surface area (Å²) >= 11 is 6.70. The van der Waals surface area contributed by atoms with E-state index in [9.17, 15) is 0 Å². The van der Waals surface area contributed by atoms with E-state index in [1.165, 1.54) is 134 Å². The van der Waals surface area contributed by atoms with E-state index in [-0.39, 0.29) is 15.2 Å². The van der Waals surface area contributed by atoms with Crippen molar-refractivity contribution in [1.82, 2.24) is 9.13 Å². The Hall–Kier alpha value is -2.25. The lowest BCUT2D eigenvalue weighted by molar-refractivity contribution is 0.413. The van der Waals surface area contributed by atoms with Crippen LogP contribution in [0.15, 0.2) is 91.4 Å². The molecule has 0 N–H and O–H groups in total. The van der Waals surface area contributed by atoms with E-state index in [4.69, 9.17) is 20.7 Å². The van der Waals surface area contributed by atoms with Crippen LogP contribution in [-0.2, 0) is 0 Å². The number of hydrogen-bond donors (Lipinski definition) is 0. The highest BCUT2D eigenvalue weighted by Crippen LogP contribution is 2.59. The molecule has 4 aromatic rings. The quantitative estimate of drug-likeness (QED) is 0.158. The maximum absolute atomic E-state index is 6.70. The fourth-order valence-corrected chi connectivity index (χ4v) is 16.7. The molecule has 4 aliphatic carbocycles. The minimum atomic E-state index is -0.145. The van der Waals surface area contributed by atoms with Gasteiger partial charge in [0.25, 0.3) is 0 Å². The molecule has 53 heavy (non-hydrogen) atoms. The van der Waals surface area contributed by atoms with E-state index in [2.05, 4.69) is 47.2 Å². The largest absolute Gasteiger partial charge is 0.495 e. The van der Waals surface area contributed by atoms with Gasteiger partial charge in [0.2, 0.25) is 0 Å². The van der Waals surface area contributed by atoms with Gasteiger partial charge in [0.15, 0.2) is 0 Å². The van der Waals surface area contributed by atoms with E-state index in [1.54, 1.807) is 19.7 Å². The van der Waals surface area contributed by atoms with Gasteiger partial charge in [0.1, 0.15) is 11.5 Å². The second-order valence-corrected chi connectivity index (χ2v) is 21.6. The van der Waals surface area contributed by atoms with Gasteiger partial charge in [-0.05, 0) is 130 Å². The second-order valence-electron chi connectivity index (χ2n) is 15.6. The molecule has 4 aliphatic rings. The van der Waals surface area contributed by atoms with Gasteiger partial charge in [0.05, 0.1) is 25.6 Å². The summed E-state index contributed by atoms with van der Waals surface area (Å²) in [6.45, 7) is 0. The van der Waals surface area contributed by atoms with Crippen LogP contribution in [0, 0.1) is 0 Å². The fraction of sp³-hybridized carbons (Fsp3) is 0.565. The SMILES string of the molecule is COc1ccccc1-n1cccc1.COc1ccccc1-n1cccc1P(C1CCCCC1)C1CCCCC1.ClP(C1CCCCC1)C1CCCCC1. The predicted molar refractivity (Wildman–Crippen MR) is 231 cm³/mol. The number of para-hydroxylation sites is 4. The average molecular weight is 775 g/mol. The molecule has 0 bridgehead atoms. The van der Waals surface area contributed by atoms with Crippen LogP contribution < -0.4 is 14.9 Å². The summed E-state index contributed by atoms with van der Waals surface area (Å²) in [5.41, 5.74) is 7.54. The number of aromatic nitrogens is 2. The predicted octanol–water partition coefficient (Wildman–Crippen LogP) is 14.0. The fourth-order valence-electron chi connectivity index (χ4n) is 9.30. The number of benzene rings is 2. The summed E-state index contributed by atoms with van der Waals surface area (Å²) in [6.07, 6.45) is 35.1. The Balaban J connectivity index is 0.000000150. The van der Waals surface area contributed by atoms with Crippen LogP contribution in [0.3, 0.4) is 0 Å². The second kappa shape index (κ2) is 21.7. The summed E-state index contributed by atoms with van der Waals surface area (Å²) in [5, 5.41) is 0. The maximum Gasteiger partial charge on any atom is 0.142 e. The third-order valence-corrected chi connectivity index (χ3v) is 19.7. The van der Waals surface area contributed by atoms with E-state index in [1.807, 2.05) is 53.4 Å². The number of methoxy groups -OCH3 is 2. The molecule has 0 saturated heterocycles. The van der Waals surface area contributed by atoms with Gasteiger partial charge in [-0.1, -0.05) is 120 Å². The summed E-state index contributed by atoms with van der Waals surface area (Å²) in [5.74, 6) is 1.87. The first-order chi connectivity index (χ1) is 26.2. The first-order valence-corrected chi connectivity index (χ1v) is 24.8. The molecule has 4 fully saturated rings. The lowest BCUT2D eigenvalue weighted by Crippen LogP contribution is -2.29. The van der Waals surface area contributed by atoms with Gasteiger partial charge in [-0.25, -0.2) is 0 Å². The third-order valence-electron chi connectivity index (χ3n) is 12.1. The van der Waals surface area contributed by atoms with Crippen LogP contribution in [0.5, 0.6) is 11.5 Å². The van der Waals surface area contributed by atoms with Gasteiger partial charge >= 0.3 is 0 Å². The minimum Gasteiger partial charge on any atom is -0.495 e. The molecule has 4 saturated carbocycles. The van der Waals surface area contributed by atoms with Crippen LogP contribution in [-0.4, -0.2) is 46.0 Å². The molecule has 0 aliphatic heterocycles.